The fraction of sp³-hybridized carbons (Fsp3) is 0.857. The Morgan fingerprint density at radius 1 is 1.33 bits per heavy atom. The first-order valence-electron chi connectivity index (χ1n) is 7.19. The van der Waals surface area contributed by atoms with Gasteiger partial charge in [0.25, 0.3) is 0 Å². The minimum Gasteiger partial charge on any atom is -0.480 e. The molecule has 0 radical (unpaired) electrons. The molecule has 2 atom stereocenters. The zero-order chi connectivity index (χ0) is 15.9. The van der Waals surface area contributed by atoms with Gasteiger partial charge in [0.15, 0.2) is 0 Å². The van der Waals surface area contributed by atoms with Crippen molar-refractivity contribution >= 4 is 12.1 Å². The van der Waals surface area contributed by atoms with Gasteiger partial charge in [-0.2, -0.15) is 0 Å². The van der Waals surface area contributed by atoms with Crippen LogP contribution in [0.15, 0.2) is 0 Å². The third-order valence-electron chi connectivity index (χ3n) is 4.36. The fourth-order valence-corrected chi connectivity index (χ4v) is 3.14. The topological polar surface area (TPSA) is 111 Å². The molecule has 7 heteroatoms. The van der Waals surface area contributed by atoms with E-state index < -0.39 is 34.7 Å². The molecule has 0 bridgehead atoms. The lowest BCUT2D eigenvalue weighted by Crippen LogP contribution is -2.63. The number of hydrogen-bond acceptors (Lipinski definition) is 5. The molecule has 1 amide bonds. The van der Waals surface area contributed by atoms with Gasteiger partial charge in [-0.3, -0.25) is 4.79 Å². The second kappa shape index (κ2) is 5.14. The molecule has 4 N–H and O–H groups in total. The van der Waals surface area contributed by atoms with Crippen molar-refractivity contribution in [2.45, 2.75) is 57.2 Å². The fourth-order valence-electron chi connectivity index (χ4n) is 3.14. The predicted octanol–water partition coefficient (Wildman–Crippen LogP) is 0.862. The van der Waals surface area contributed by atoms with Crippen molar-refractivity contribution in [3.8, 4) is 0 Å². The van der Waals surface area contributed by atoms with Crippen LogP contribution in [0.1, 0.15) is 40.0 Å². The van der Waals surface area contributed by atoms with Crippen LogP contribution in [0.25, 0.3) is 0 Å². The number of carbonyl (C=O) groups excluding carboxylic acids is 1. The third-order valence-corrected chi connectivity index (χ3v) is 4.36. The Kier molecular flexibility index (Phi) is 3.92. The summed E-state index contributed by atoms with van der Waals surface area (Å²) in [5, 5.41) is 12.1. The van der Waals surface area contributed by atoms with Crippen LogP contribution in [-0.4, -0.2) is 47.6 Å². The van der Waals surface area contributed by atoms with E-state index in [9.17, 15) is 14.7 Å². The summed E-state index contributed by atoms with van der Waals surface area (Å²) in [6, 6.07) is -1.02. The van der Waals surface area contributed by atoms with Crippen molar-refractivity contribution in [2.24, 2.45) is 11.1 Å². The Bertz CT molecular complexity index is 433. The van der Waals surface area contributed by atoms with Crippen LogP contribution >= 0.6 is 0 Å². The summed E-state index contributed by atoms with van der Waals surface area (Å²) in [7, 11) is 0. The number of hydrogen-bond donors (Lipinski definition) is 3. The monoisotopic (exact) mass is 300 g/mol. The lowest BCUT2D eigenvalue weighted by atomic mass is 9.75. The van der Waals surface area contributed by atoms with Crippen molar-refractivity contribution < 1.29 is 24.2 Å². The number of carboxylic acid groups (broad SMARTS) is 1. The van der Waals surface area contributed by atoms with Crippen molar-refractivity contribution in [1.82, 2.24) is 5.32 Å². The van der Waals surface area contributed by atoms with Crippen molar-refractivity contribution in [1.29, 1.82) is 0 Å². The molecule has 1 heterocycles. The highest BCUT2D eigenvalue weighted by molar-refractivity contribution is 5.76. The third kappa shape index (κ3) is 2.98. The van der Waals surface area contributed by atoms with Crippen LogP contribution in [-0.2, 0) is 14.3 Å². The maximum atomic E-state index is 12.1. The average Bonchev–Trinajstić information content (AvgIpc) is 3.02. The van der Waals surface area contributed by atoms with Gasteiger partial charge >= 0.3 is 12.1 Å². The number of nitrogens with two attached hydrogens (primary N) is 1. The Morgan fingerprint density at radius 2 is 1.95 bits per heavy atom. The molecule has 0 aromatic heterocycles. The molecule has 2 fully saturated rings. The molecule has 0 spiro atoms. The van der Waals surface area contributed by atoms with E-state index in [0.29, 0.717) is 25.9 Å². The maximum absolute atomic E-state index is 12.1. The number of ether oxygens (including phenoxy) is 2. The first kappa shape index (κ1) is 16.0. The number of rotatable bonds is 4. The van der Waals surface area contributed by atoms with Crippen LogP contribution in [0.4, 0.5) is 4.79 Å². The van der Waals surface area contributed by atoms with Gasteiger partial charge in [0, 0.05) is 12.0 Å². The van der Waals surface area contributed by atoms with E-state index in [1.165, 1.54) is 0 Å². The van der Waals surface area contributed by atoms with Crippen LogP contribution in [0.5, 0.6) is 0 Å². The van der Waals surface area contributed by atoms with E-state index in [2.05, 4.69) is 5.32 Å². The molecule has 1 saturated carbocycles. The van der Waals surface area contributed by atoms with Gasteiger partial charge in [-0.15, -0.1) is 0 Å². The van der Waals surface area contributed by atoms with Crippen LogP contribution in [0, 0.1) is 5.41 Å². The molecule has 120 valence electrons. The van der Waals surface area contributed by atoms with Crippen molar-refractivity contribution in [3.63, 3.8) is 0 Å². The highest BCUT2D eigenvalue weighted by atomic mass is 16.6. The van der Waals surface area contributed by atoms with Gasteiger partial charge < -0.3 is 25.6 Å². The molecule has 1 saturated heterocycles. The molecule has 1 aliphatic carbocycles. The molecule has 0 aromatic carbocycles. The summed E-state index contributed by atoms with van der Waals surface area (Å²) in [4.78, 5) is 23.4. The van der Waals surface area contributed by atoms with Gasteiger partial charge in [0.05, 0.1) is 12.1 Å². The maximum Gasteiger partial charge on any atom is 0.408 e. The Hall–Kier alpha value is -1.34. The standard InChI is InChI=1S/C14H24N2O5/c1-12(2,3)21-11(19)16-14(6-7-20-8-14)13(4-5-13)9(15)10(17)18/h9H,4-8,15H2,1-3H3,(H,16,19)(H,17,18). The summed E-state index contributed by atoms with van der Waals surface area (Å²) in [6.45, 7) is 6.08. The Morgan fingerprint density at radius 3 is 2.33 bits per heavy atom. The first-order valence-corrected chi connectivity index (χ1v) is 7.19. The van der Waals surface area contributed by atoms with Gasteiger partial charge in [0.2, 0.25) is 0 Å². The molecule has 7 nitrogen and oxygen atoms in total. The number of aliphatic carboxylic acids is 1. The SMILES string of the molecule is CC(C)(C)OC(=O)NC1(C2(C(N)C(=O)O)CC2)CCOC1. The zero-order valence-electron chi connectivity index (χ0n) is 12.8. The molecule has 21 heavy (non-hydrogen) atoms. The van der Waals surface area contributed by atoms with E-state index in [-0.39, 0.29) is 6.61 Å². The molecule has 1 aliphatic heterocycles. The van der Waals surface area contributed by atoms with E-state index in [1.807, 2.05) is 0 Å². The minimum absolute atomic E-state index is 0.271. The second-order valence-corrected chi connectivity index (χ2v) is 6.98. The van der Waals surface area contributed by atoms with Crippen molar-refractivity contribution in [3.05, 3.63) is 0 Å². The average molecular weight is 300 g/mol. The number of amides is 1. The molecule has 0 aromatic rings. The first-order chi connectivity index (χ1) is 9.62. The van der Waals surface area contributed by atoms with Gasteiger partial charge in [-0.25, -0.2) is 4.79 Å². The second-order valence-electron chi connectivity index (χ2n) is 6.98. The predicted molar refractivity (Wildman–Crippen MR) is 74.8 cm³/mol. The summed E-state index contributed by atoms with van der Waals surface area (Å²) in [6.07, 6.45) is 1.32. The van der Waals surface area contributed by atoms with E-state index in [1.54, 1.807) is 20.8 Å². The lowest BCUT2D eigenvalue weighted by Gasteiger charge is -2.40. The van der Waals surface area contributed by atoms with E-state index in [0.717, 1.165) is 0 Å². The quantitative estimate of drug-likeness (QED) is 0.710. The smallest absolute Gasteiger partial charge is 0.408 e. The van der Waals surface area contributed by atoms with Gasteiger partial charge in [-0.05, 0) is 40.0 Å². The van der Waals surface area contributed by atoms with Crippen LogP contribution in [0.3, 0.4) is 0 Å². The highest BCUT2D eigenvalue weighted by Gasteiger charge is 2.66. The molecule has 2 rings (SSSR count). The largest absolute Gasteiger partial charge is 0.480 e. The molecular weight excluding hydrogens is 276 g/mol. The zero-order valence-corrected chi connectivity index (χ0v) is 12.8. The van der Waals surface area contributed by atoms with Crippen LogP contribution < -0.4 is 11.1 Å². The molecular formula is C14H24N2O5. The summed E-state index contributed by atoms with van der Waals surface area (Å²) < 4.78 is 10.7. The molecule has 2 aliphatic rings. The number of carboxylic acids is 1. The highest BCUT2D eigenvalue weighted by Crippen LogP contribution is 2.58. The van der Waals surface area contributed by atoms with Gasteiger partial charge in [0.1, 0.15) is 11.6 Å². The van der Waals surface area contributed by atoms with Crippen molar-refractivity contribution in [2.75, 3.05) is 13.2 Å². The molecule has 2 unspecified atom stereocenters. The lowest BCUT2D eigenvalue weighted by molar-refractivity contribution is -0.141. The van der Waals surface area contributed by atoms with E-state index >= 15 is 0 Å². The Labute approximate surface area is 124 Å². The van der Waals surface area contributed by atoms with Gasteiger partial charge in [-0.1, -0.05) is 0 Å². The number of carbonyl (C=O) groups is 2. The minimum atomic E-state index is -1.05. The van der Waals surface area contributed by atoms with E-state index in [4.69, 9.17) is 15.2 Å². The normalized spacial score (nSPS) is 28.8. The number of nitrogens with one attached hydrogen (secondary N) is 1. The summed E-state index contributed by atoms with van der Waals surface area (Å²) in [5.74, 6) is -1.05. The summed E-state index contributed by atoms with van der Waals surface area (Å²) >= 11 is 0. The Balaban J connectivity index is 2.18. The van der Waals surface area contributed by atoms with Crippen LogP contribution in [0.2, 0.25) is 0 Å². The summed E-state index contributed by atoms with van der Waals surface area (Å²) in [5.41, 5.74) is 3.86. The number of alkyl carbamates (subject to hydrolysis) is 1.